The van der Waals surface area contributed by atoms with Crippen LogP contribution in [0.2, 0.25) is 0 Å². The fraction of sp³-hybridized carbons (Fsp3) is 0.625. The number of hydrogen-bond donors (Lipinski definition) is 2. The molecule has 1 aromatic rings. The third kappa shape index (κ3) is 3.73. The van der Waals surface area contributed by atoms with E-state index in [1.165, 1.54) is 19.4 Å². The summed E-state index contributed by atoms with van der Waals surface area (Å²) >= 11 is 0. The molecule has 0 bridgehead atoms. The van der Waals surface area contributed by atoms with Gasteiger partial charge < -0.3 is 16.0 Å². The van der Waals surface area contributed by atoms with Gasteiger partial charge in [-0.25, -0.2) is 4.98 Å². The molecule has 1 aliphatic carbocycles. The second-order valence-corrected chi connectivity index (χ2v) is 6.33. The Morgan fingerprint density at radius 2 is 2.05 bits per heavy atom. The Hall–Kier alpha value is -1.62. The summed E-state index contributed by atoms with van der Waals surface area (Å²) < 4.78 is 0. The number of nitrogens with zero attached hydrogens (tertiary/aromatic N) is 2. The number of pyridine rings is 1. The minimum atomic E-state index is -0.386. The fourth-order valence-corrected chi connectivity index (χ4v) is 2.92. The van der Waals surface area contributed by atoms with Crippen molar-refractivity contribution >= 4 is 11.7 Å². The highest BCUT2D eigenvalue weighted by molar-refractivity contribution is 5.93. The minimum Gasteiger partial charge on any atom is -0.366 e. The van der Waals surface area contributed by atoms with Gasteiger partial charge in [-0.05, 0) is 57.2 Å². The summed E-state index contributed by atoms with van der Waals surface area (Å²) in [4.78, 5) is 18.2. The Balaban J connectivity index is 1.59. The summed E-state index contributed by atoms with van der Waals surface area (Å²) in [5, 5.41) is 3.68. The fourth-order valence-electron chi connectivity index (χ4n) is 2.92. The number of piperidine rings is 1. The smallest absolute Gasteiger partial charge is 0.248 e. The zero-order valence-corrected chi connectivity index (χ0v) is 12.6. The van der Waals surface area contributed by atoms with Crippen molar-refractivity contribution in [2.24, 2.45) is 11.7 Å². The van der Waals surface area contributed by atoms with E-state index in [4.69, 9.17) is 5.73 Å². The van der Waals surface area contributed by atoms with Gasteiger partial charge in [0, 0.05) is 30.4 Å². The molecule has 2 fully saturated rings. The molecule has 0 unspecified atom stereocenters. The molecule has 0 spiro atoms. The number of nitrogens with one attached hydrogen (secondary N) is 1. The van der Waals surface area contributed by atoms with E-state index in [-0.39, 0.29) is 5.91 Å². The molecule has 1 amide bonds. The quantitative estimate of drug-likeness (QED) is 0.860. The molecule has 3 N–H and O–H groups in total. The first-order valence-corrected chi connectivity index (χ1v) is 7.88. The molecule has 1 aliphatic heterocycles. The van der Waals surface area contributed by atoms with Crippen LogP contribution in [0.1, 0.15) is 41.7 Å². The number of rotatable bonds is 5. The summed E-state index contributed by atoms with van der Waals surface area (Å²) in [7, 11) is 0. The molecule has 0 radical (unpaired) electrons. The number of amides is 1. The van der Waals surface area contributed by atoms with Crippen LogP contribution in [0.5, 0.6) is 0 Å². The number of aromatic nitrogens is 1. The van der Waals surface area contributed by atoms with Crippen molar-refractivity contribution in [3.8, 4) is 0 Å². The van der Waals surface area contributed by atoms with E-state index >= 15 is 0 Å². The van der Waals surface area contributed by atoms with E-state index in [0.717, 1.165) is 43.4 Å². The van der Waals surface area contributed by atoms with E-state index < -0.39 is 0 Å². The molecule has 0 aromatic carbocycles. The van der Waals surface area contributed by atoms with Crippen molar-refractivity contribution < 1.29 is 4.79 Å². The Morgan fingerprint density at radius 3 is 2.67 bits per heavy atom. The average Bonchev–Trinajstić information content (AvgIpc) is 3.29. The maximum Gasteiger partial charge on any atom is 0.248 e. The maximum atomic E-state index is 11.4. The van der Waals surface area contributed by atoms with Gasteiger partial charge in [0.25, 0.3) is 0 Å². The van der Waals surface area contributed by atoms with Gasteiger partial charge in [-0.3, -0.25) is 4.79 Å². The normalized spacial score (nSPS) is 19.8. The molecular formula is C16H24N4O. The zero-order valence-electron chi connectivity index (χ0n) is 12.6. The molecule has 2 aliphatic rings. The lowest BCUT2D eigenvalue weighted by Gasteiger charge is -2.33. The highest BCUT2D eigenvalue weighted by Gasteiger charge is 2.25. The van der Waals surface area contributed by atoms with Gasteiger partial charge in [0.2, 0.25) is 5.91 Å². The van der Waals surface area contributed by atoms with Crippen molar-refractivity contribution in [3.05, 3.63) is 23.4 Å². The van der Waals surface area contributed by atoms with Crippen LogP contribution in [-0.2, 0) is 0 Å². The third-order valence-corrected chi connectivity index (χ3v) is 4.44. The van der Waals surface area contributed by atoms with Crippen LogP contribution < -0.4 is 16.0 Å². The minimum absolute atomic E-state index is 0.386. The first-order chi connectivity index (χ1) is 10.1. The van der Waals surface area contributed by atoms with Crippen LogP contribution >= 0.6 is 0 Å². The molecule has 1 saturated carbocycles. The van der Waals surface area contributed by atoms with E-state index in [9.17, 15) is 4.79 Å². The van der Waals surface area contributed by atoms with Crippen molar-refractivity contribution in [2.75, 3.05) is 24.5 Å². The van der Waals surface area contributed by atoms with Gasteiger partial charge in [-0.15, -0.1) is 0 Å². The van der Waals surface area contributed by atoms with Crippen LogP contribution in [0.3, 0.4) is 0 Å². The second kappa shape index (κ2) is 6.02. The van der Waals surface area contributed by atoms with E-state index in [1.54, 1.807) is 6.07 Å². The standard InChI is InChI=1S/C16H24N4O/c1-11-8-13(16(17)21)9-15(19-11)20-6-4-14(5-7-20)18-10-12-2-3-12/h8-9,12,14,18H,2-7,10H2,1H3,(H2,17,21). The predicted octanol–water partition coefficient (Wildman–Crippen LogP) is 1.46. The van der Waals surface area contributed by atoms with E-state index in [1.807, 2.05) is 13.0 Å². The van der Waals surface area contributed by atoms with Gasteiger partial charge >= 0.3 is 0 Å². The molecule has 3 rings (SSSR count). The number of aryl methyl sites for hydroxylation is 1. The first kappa shape index (κ1) is 14.3. The number of nitrogens with two attached hydrogens (primary N) is 1. The zero-order chi connectivity index (χ0) is 14.8. The summed E-state index contributed by atoms with van der Waals surface area (Å²) in [6.07, 6.45) is 5.06. The predicted molar refractivity (Wildman–Crippen MR) is 83.5 cm³/mol. The largest absolute Gasteiger partial charge is 0.366 e. The number of hydrogen-bond acceptors (Lipinski definition) is 4. The summed E-state index contributed by atoms with van der Waals surface area (Å²) in [5.41, 5.74) is 6.77. The average molecular weight is 288 g/mol. The van der Waals surface area contributed by atoms with Gasteiger partial charge in [0.15, 0.2) is 0 Å². The molecule has 114 valence electrons. The van der Waals surface area contributed by atoms with Crippen molar-refractivity contribution in [3.63, 3.8) is 0 Å². The Morgan fingerprint density at radius 1 is 1.33 bits per heavy atom. The lowest BCUT2D eigenvalue weighted by atomic mass is 10.0. The topological polar surface area (TPSA) is 71.2 Å². The van der Waals surface area contributed by atoms with Crippen molar-refractivity contribution in [2.45, 2.75) is 38.6 Å². The molecule has 0 atom stereocenters. The number of primary amides is 1. The van der Waals surface area contributed by atoms with Gasteiger partial charge in [-0.2, -0.15) is 0 Å². The molecule has 5 heteroatoms. The van der Waals surface area contributed by atoms with Crippen LogP contribution in [0.15, 0.2) is 12.1 Å². The van der Waals surface area contributed by atoms with Crippen LogP contribution in [0.4, 0.5) is 5.82 Å². The number of carbonyl (C=O) groups is 1. The Labute approximate surface area is 125 Å². The highest BCUT2D eigenvalue weighted by atomic mass is 16.1. The summed E-state index contributed by atoms with van der Waals surface area (Å²) in [6.45, 7) is 5.05. The van der Waals surface area contributed by atoms with Crippen molar-refractivity contribution in [1.29, 1.82) is 0 Å². The second-order valence-electron chi connectivity index (χ2n) is 6.33. The number of carbonyl (C=O) groups excluding carboxylic acids is 1. The third-order valence-electron chi connectivity index (χ3n) is 4.44. The summed E-state index contributed by atoms with van der Waals surface area (Å²) in [5.74, 6) is 1.42. The molecule has 5 nitrogen and oxygen atoms in total. The van der Waals surface area contributed by atoms with E-state index in [0.29, 0.717) is 11.6 Å². The van der Waals surface area contributed by atoms with E-state index in [2.05, 4.69) is 15.2 Å². The molecule has 1 saturated heterocycles. The first-order valence-electron chi connectivity index (χ1n) is 7.88. The van der Waals surface area contributed by atoms with Crippen LogP contribution in [-0.4, -0.2) is 36.6 Å². The highest BCUT2D eigenvalue weighted by Crippen LogP contribution is 2.28. The lowest BCUT2D eigenvalue weighted by Crippen LogP contribution is -2.43. The van der Waals surface area contributed by atoms with Crippen LogP contribution in [0, 0.1) is 12.8 Å². The Bertz CT molecular complexity index is 519. The lowest BCUT2D eigenvalue weighted by molar-refractivity contribution is 0.1000. The molecule has 1 aromatic heterocycles. The van der Waals surface area contributed by atoms with Gasteiger partial charge in [0.1, 0.15) is 5.82 Å². The molecular weight excluding hydrogens is 264 g/mol. The van der Waals surface area contributed by atoms with Gasteiger partial charge in [0.05, 0.1) is 0 Å². The SMILES string of the molecule is Cc1cc(C(N)=O)cc(N2CCC(NCC3CC3)CC2)n1. The van der Waals surface area contributed by atoms with Gasteiger partial charge in [-0.1, -0.05) is 0 Å². The number of anilines is 1. The van der Waals surface area contributed by atoms with Crippen molar-refractivity contribution in [1.82, 2.24) is 10.3 Å². The Kier molecular flexibility index (Phi) is 4.10. The monoisotopic (exact) mass is 288 g/mol. The maximum absolute atomic E-state index is 11.4. The van der Waals surface area contributed by atoms with Crippen LogP contribution in [0.25, 0.3) is 0 Å². The molecule has 2 heterocycles. The molecule has 21 heavy (non-hydrogen) atoms. The summed E-state index contributed by atoms with van der Waals surface area (Å²) in [6, 6.07) is 4.19.